The molecule has 7 heteroatoms. The van der Waals surface area contributed by atoms with Gasteiger partial charge in [-0.1, -0.05) is 35.9 Å². The van der Waals surface area contributed by atoms with Gasteiger partial charge < -0.3 is 5.32 Å². The lowest BCUT2D eigenvalue weighted by atomic mass is 10.1. The highest BCUT2D eigenvalue weighted by molar-refractivity contribution is 7.98. The van der Waals surface area contributed by atoms with E-state index < -0.39 is 0 Å². The molecule has 0 saturated carbocycles. The van der Waals surface area contributed by atoms with Crippen molar-refractivity contribution in [1.29, 1.82) is 0 Å². The lowest BCUT2D eigenvalue weighted by Gasteiger charge is -2.07. The molecule has 0 unspecified atom stereocenters. The van der Waals surface area contributed by atoms with Gasteiger partial charge in [-0.05, 0) is 31.5 Å². The molecule has 3 rings (SSSR count). The minimum atomic E-state index is -0.176. The number of benzene rings is 1. The fraction of sp³-hybridized carbons (Fsp3) is 0.222. The summed E-state index contributed by atoms with van der Waals surface area (Å²) in [5, 5.41) is 7.79. The number of nitrogens with zero attached hydrogens (tertiary/aromatic N) is 4. The highest BCUT2D eigenvalue weighted by Crippen LogP contribution is 2.22. The zero-order valence-corrected chi connectivity index (χ0v) is 14.8. The molecule has 2 aromatic heterocycles. The number of amides is 1. The van der Waals surface area contributed by atoms with E-state index in [2.05, 4.69) is 26.3 Å². The van der Waals surface area contributed by atoms with Crippen molar-refractivity contribution in [2.24, 2.45) is 0 Å². The van der Waals surface area contributed by atoms with Gasteiger partial charge in [-0.2, -0.15) is 4.98 Å². The number of aryl methyl sites for hydroxylation is 2. The Hall–Kier alpha value is -2.85. The number of thioether (sulfide) groups is 1. The number of hydrogen-bond acceptors (Lipinski definition) is 5. The molecular weight excluding hydrogens is 334 g/mol. The van der Waals surface area contributed by atoms with Crippen molar-refractivity contribution in [2.75, 3.05) is 6.54 Å². The minimum absolute atomic E-state index is 0.176. The summed E-state index contributed by atoms with van der Waals surface area (Å²) in [5.74, 6) is 3.39. The normalized spacial score (nSPS) is 10.6. The van der Waals surface area contributed by atoms with Gasteiger partial charge in [0.1, 0.15) is 0 Å². The minimum Gasteiger partial charge on any atom is -0.341 e. The number of carbonyl (C=O) groups is 1. The summed E-state index contributed by atoms with van der Waals surface area (Å²) in [6.07, 6.45) is 5.19. The van der Waals surface area contributed by atoms with E-state index >= 15 is 0 Å². The maximum Gasteiger partial charge on any atom is 0.253 e. The van der Waals surface area contributed by atoms with Gasteiger partial charge >= 0.3 is 0 Å². The van der Waals surface area contributed by atoms with E-state index in [1.54, 1.807) is 10.6 Å². The first-order valence-electron chi connectivity index (χ1n) is 7.72. The molecule has 1 aromatic carbocycles. The lowest BCUT2D eigenvalue weighted by Crippen LogP contribution is -2.24. The van der Waals surface area contributed by atoms with Gasteiger partial charge in [0.2, 0.25) is 5.16 Å². The number of fused-ring (bicyclic) bond motifs is 1. The van der Waals surface area contributed by atoms with Crippen LogP contribution in [0.3, 0.4) is 0 Å². The summed E-state index contributed by atoms with van der Waals surface area (Å²) in [6, 6.07) is 9.40. The fourth-order valence-electron chi connectivity index (χ4n) is 2.45. The van der Waals surface area contributed by atoms with Gasteiger partial charge in [0, 0.05) is 22.7 Å². The third-order valence-corrected chi connectivity index (χ3v) is 4.46. The fourth-order valence-corrected chi connectivity index (χ4v) is 3.27. The Morgan fingerprint density at radius 3 is 2.92 bits per heavy atom. The zero-order valence-electron chi connectivity index (χ0n) is 14.0. The maximum absolute atomic E-state index is 12.2. The van der Waals surface area contributed by atoms with Crippen LogP contribution in [0.2, 0.25) is 0 Å². The molecule has 1 N–H and O–H groups in total. The maximum atomic E-state index is 12.2. The second-order valence-corrected chi connectivity index (χ2v) is 6.42. The summed E-state index contributed by atoms with van der Waals surface area (Å²) < 4.78 is 1.72. The van der Waals surface area contributed by atoms with Crippen LogP contribution in [0, 0.1) is 26.2 Å². The van der Waals surface area contributed by atoms with E-state index in [0.29, 0.717) is 22.3 Å². The lowest BCUT2D eigenvalue weighted by molar-refractivity contribution is 0.0958. The van der Waals surface area contributed by atoms with Crippen molar-refractivity contribution in [1.82, 2.24) is 24.9 Å². The highest BCUT2D eigenvalue weighted by atomic mass is 32.2. The van der Waals surface area contributed by atoms with Crippen molar-refractivity contribution in [3.8, 4) is 12.3 Å². The van der Waals surface area contributed by atoms with Crippen LogP contribution < -0.4 is 5.32 Å². The SMILES string of the molecule is C#CCNC(=O)c1ccccc1CSc1nc2nc(C)cc(C)n2n1. The molecule has 0 aliphatic carbocycles. The van der Waals surface area contributed by atoms with Crippen molar-refractivity contribution in [3.63, 3.8) is 0 Å². The number of nitrogens with one attached hydrogen (secondary N) is 1. The molecule has 0 aliphatic rings. The standard InChI is InChI=1S/C18H17N5OS/c1-4-9-19-16(24)15-8-6-5-7-14(15)11-25-18-21-17-20-12(2)10-13(3)23(17)22-18/h1,5-8,10H,9,11H2,2-3H3,(H,19,24). The van der Waals surface area contributed by atoms with E-state index in [9.17, 15) is 4.79 Å². The third kappa shape index (κ3) is 3.80. The smallest absolute Gasteiger partial charge is 0.253 e. The summed E-state index contributed by atoms with van der Waals surface area (Å²) in [7, 11) is 0. The predicted octanol–water partition coefficient (Wildman–Crippen LogP) is 2.40. The van der Waals surface area contributed by atoms with Gasteiger partial charge in [0.15, 0.2) is 0 Å². The molecule has 25 heavy (non-hydrogen) atoms. The molecule has 0 atom stereocenters. The first-order chi connectivity index (χ1) is 12.1. The summed E-state index contributed by atoms with van der Waals surface area (Å²) in [5.41, 5.74) is 3.40. The van der Waals surface area contributed by atoms with Crippen LogP contribution in [0.1, 0.15) is 27.3 Å². The van der Waals surface area contributed by atoms with Gasteiger partial charge in [-0.25, -0.2) is 9.50 Å². The third-order valence-electron chi connectivity index (χ3n) is 3.57. The van der Waals surface area contributed by atoms with Gasteiger partial charge in [-0.15, -0.1) is 11.5 Å². The molecule has 3 aromatic rings. The Balaban J connectivity index is 1.79. The van der Waals surface area contributed by atoms with Crippen LogP contribution in [0.5, 0.6) is 0 Å². The van der Waals surface area contributed by atoms with Crippen LogP contribution in [0.4, 0.5) is 0 Å². The van der Waals surface area contributed by atoms with E-state index in [4.69, 9.17) is 6.42 Å². The Bertz CT molecular complexity index is 973. The Labute approximate surface area is 150 Å². The molecule has 1 amide bonds. The molecule has 0 saturated heterocycles. The summed E-state index contributed by atoms with van der Waals surface area (Å²) in [4.78, 5) is 21.0. The van der Waals surface area contributed by atoms with E-state index in [0.717, 1.165) is 17.0 Å². The average Bonchev–Trinajstić information content (AvgIpc) is 3.01. The van der Waals surface area contributed by atoms with Gasteiger partial charge in [0.25, 0.3) is 11.7 Å². The molecule has 2 heterocycles. The number of rotatable bonds is 5. The number of terminal acetylenes is 1. The van der Waals surface area contributed by atoms with E-state index in [-0.39, 0.29) is 12.5 Å². The quantitative estimate of drug-likeness (QED) is 0.564. The Morgan fingerprint density at radius 2 is 2.12 bits per heavy atom. The number of hydrogen-bond donors (Lipinski definition) is 1. The zero-order chi connectivity index (χ0) is 17.8. The topological polar surface area (TPSA) is 72.2 Å². The molecule has 0 fully saturated rings. The second-order valence-electron chi connectivity index (χ2n) is 5.48. The predicted molar refractivity (Wildman–Crippen MR) is 97.4 cm³/mol. The van der Waals surface area contributed by atoms with Crippen molar-refractivity contribution in [2.45, 2.75) is 24.8 Å². The largest absolute Gasteiger partial charge is 0.341 e. The van der Waals surface area contributed by atoms with Gasteiger partial charge in [-0.3, -0.25) is 4.79 Å². The number of carbonyl (C=O) groups excluding carboxylic acids is 1. The molecule has 6 nitrogen and oxygen atoms in total. The van der Waals surface area contributed by atoms with E-state index in [1.165, 1.54) is 11.8 Å². The van der Waals surface area contributed by atoms with Crippen LogP contribution in [-0.4, -0.2) is 32.0 Å². The summed E-state index contributed by atoms with van der Waals surface area (Å²) >= 11 is 1.47. The molecule has 0 bridgehead atoms. The molecule has 0 aliphatic heterocycles. The van der Waals surface area contributed by atoms with Crippen molar-refractivity contribution < 1.29 is 4.79 Å². The van der Waals surface area contributed by atoms with Crippen molar-refractivity contribution >= 4 is 23.4 Å². The van der Waals surface area contributed by atoms with Crippen LogP contribution in [0.25, 0.3) is 5.78 Å². The van der Waals surface area contributed by atoms with Crippen molar-refractivity contribution in [3.05, 3.63) is 52.8 Å². The first-order valence-corrected chi connectivity index (χ1v) is 8.70. The summed E-state index contributed by atoms with van der Waals surface area (Å²) in [6.45, 7) is 4.11. The van der Waals surface area contributed by atoms with Crippen LogP contribution in [-0.2, 0) is 5.75 Å². The van der Waals surface area contributed by atoms with Crippen LogP contribution in [0.15, 0.2) is 35.5 Å². The second kappa shape index (κ2) is 7.36. The molecule has 0 spiro atoms. The Morgan fingerprint density at radius 1 is 1.32 bits per heavy atom. The molecule has 126 valence electrons. The Kier molecular flexibility index (Phi) is 5.00. The molecule has 0 radical (unpaired) electrons. The number of aromatic nitrogens is 4. The van der Waals surface area contributed by atoms with Gasteiger partial charge in [0.05, 0.1) is 6.54 Å². The molecular formula is C18H17N5OS. The highest BCUT2D eigenvalue weighted by Gasteiger charge is 2.13. The monoisotopic (exact) mass is 351 g/mol. The average molecular weight is 351 g/mol. The first kappa shape index (κ1) is 17.0. The van der Waals surface area contributed by atoms with E-state index in [1.807, 2.05) is 38.1 Å². The van der Waals surface area contributed by atoms with Crippen LogP contribution >= 0.6 is 11.8 Å².